The number of piperazine rings is 1. The second kappa shape index (κ2) is 9.23. The number of likely N-dealkylation sites (N-methyl/N-ethyl adjacent to an activating group) is 1. The van der Waals surface area contributed by atoms with E-state index in [0.29, 0.717) is 12.1 Å². The zero-order chi connectivity index (χ0) is 23.6. The van der Waals surface area contributed by atoms with Gasteiger partial charge in [0.25, 0.3) is 5.91 Å². The van der Waals surface area contributed by atoms with Crippen molar-refractivity contribution in [2.45, 2.75) is 25.9 Å². The molecule has 0 aromatic heterocycles. The number of nitrogens with one attached hydrogen (secondary N) is 2. The Morgan fingerprint density at radius 1 is 1.03 bits per heavy atom. The van der Waals surface area contributed by atoms with E-state index in [-0.39, 0.29) is 12.5 Å². The molecule has 1 atom stereocenters. The first kappa shape index (κ1) is 22.8. The van der Waals surface area contributed by atoms with Crippen LogP contribution in [0.5, 0.6) is 0 Å². The van der Waals surface area contributed by atoms with Crippen LogP contribution in [-0.2, 0) is 21.7 Å². The molecule has 8 nitrogen and oxygen atoms in total. The summed E-state index contributed by atoms with van der Waals surface area (Å²) in [6.07, 6.45) is 0. The molecule has 0 spiro atoms. The Hall–Kier alpha value is -3.39. The molecule has 33 heavy (non-hydrogen) atoms. The van der Waals surface area contributed by atoms with Gasteiger partial charge in [0.1, 0.15) is 12.1 Å². The number of urea groups is 1. The standard InChI is InChI=1S/C25H31N5O3/c1-18-8-10-20(11-9-18)25(2)23(32)30(24(33)27-25)17-22(31)26-16-19-6-4-5-7-21(19)29-14-12-28(3)13-15-29/h4-11H,12-17H2,1-3H3,(H,26,31)(H,27,33). The van der Waals surface area contributed by atoms with Gasteiger partial charge in [0, 0.05) is 38.4 Å². The maximum atomic E-state index is 13.1. The summed E-state index contributed by atoms with van der Waals surface area (Å²) in [4.78, 5) is 43.9. The zero-order valence-corrected chi connectivity index (χ0v) is 19.4. The number of rotatable bonds is 6. The summed E-state index contributed by atoms with van der Waals surface area (Å²) in [6.45, 7) is 7.49. The van der Waals surface area contributed by atoms with Gasteiger partial charge in [-0.25, -0.2) is 4.79 Å². The summed E-state index contributed by atoms with van der Waals surface area (Å²) >= 11 is 0. The number of carbonyl (C=O) groups is 3. The van der Waals surface area contributed by atoms with E-state index in [2.05, 4.69) is 33.5 Å². The summed E-state index contributed by atoms with van der Waals surface area (Å²) in [5.41, 5.74) is 2.69. The van der Waals surface area contributed by atoms with Gasteiger partial charge in [-0.15, -0.1) is 0 Å². The summed E-state index contributed by atoms with van der Waals surface area (Å²) in [5, 5.41) is 5.63. The molecule has 4 amide bonds. The van der Waals surface area contributed by atoms with Gasteiger partial charge in [0.2, 0.25) is 5.91 Å². The van der Waals surface area contributed by atoms with Crippen LogP contribution in [0.2, 0.25) is 0 Å². The number of hydrogen-bond donors (Lipinski definition) is 2. The molecular formula is C25H31N5O3. The Morgan fingerprint density at radius 2 is 1.70 bits per heavy atom. The van der Waals surface area contributed by atoms with Crippen molar-refractivity contribution in [2.75, 3.05) is 44.7 Å². The van der Waals surface area contributed by atoms with Gasteiger partial charge in [-0.1, -0.05) is 48.0 Å². The van der Waals surface area contributed by atoms with E-state index in [1.807, 2.05) is 49.4 Å². The van der Waals surface area contributed by atoms with Crippen molar-refractivity contribution in [3.05, 3.63) is 65.2 Å². The molecule has 174 valence electrons. The number of aryl methyl sites for hydroxylation is 1. The van der Waals surface area contributed by atoms with E-state index in [9.17, 15) is 14.4 Å². The first-order valence-electron chi connectivity index (χ1n) is 11.3. The lowest BCUT2D eigenvalue weighted by Crippen LogP contribution is -2.45. The Labute approximate surface area is 194 Å². The van der Waals surface area contributed by atoms with Crippen LogP contribution in [0.25, 0.3) is 0 Å². The lowest BCUT2D eigenvalue weighted by Gasteiger charge is -2.35. The highest BCUT2D eigenvalue weighted by Gasteiger charge is 2.49. The number of anilines is 1. The molecule has 0 bridgehead atoms. The van der Waals surface area contributed by atoms with E-state index in [1.54, 1.807) is 6.92 Å². The minimum atomic E-state index is -1.18. The maximum absolute atomic E-state index is 13.1. The topological polar surface area (TPSA) is 85.0 Å². The Kier molecular flexibility index (Phi) is 6.37. The number of carbonyl (C=O) groups excluding carboxylic acids is 3. The summed E-state index contributed by atoms with van der Waals surface area (Å²) in [6, 6.07) is 14.9. The molecule has 0 saturated carbocycles. The Balaban J connectivity index is 1.39. The van der Waals surface area contributed by atoms with Gasteiger partial charge in [-0.2, -0.15) is 0 Å². The predicted octanol–water partition coefficient (Wildman–Crippen LogP) is 1.83. The fourth-order valence-electron chi connectivity index (χ4n) is 4.33. The van der Waals surface area contributed by atoms with Crippen molar-refractivity contribution in [3.8, 4) is 0 Å². The molecule has 2 saturated heterocycles. The molecule has 2 aliphatic heterocycles. The smallest absolute Gasteiger partial charge is 0.325 e. The van der Waals surface area contributed by atoms with Crippen molar-refractivity contribution in [2.24, 2.45) is 0 Å². The lowest BCUT2D eigenvalue weighted by atomic mass is 9.91. The van der Waals surface area contributed by atoms with Crippen LogP contribution < -0.4 is 15.5 Å². The first-order valence-corrected chi connectivity index (χ1v) is 11.3. The highest BCUT2D eigenvalue weighted by Crippen LogP contribution is 2.29. The predicted molar refractivity (Wildman–Crippen MR) is 127 cm³/mol. The van der Waals surface area contributed by atoms with Crippen LogP contribution in [0.4, 0.5) is 10.5 Å². The van der Waals surface area contributed by atoms with Crippen molar-refractivity contribution >= 4 is 23.5 Å². The van der Waals surface area contributed by atoms with Crippen LogP contribution in [0, 0.1) is 6.92 Å². The number of nitrogens with zero attached hydrogens (tertiary/aromatic N) is 3. The summed E-state index contributed by atoms with van der Waals surface area (Å²) in [7, 11) is 2.11. The third-order valence-electron chi connectivity index (χ3n) is 6.52. The van der Waals surface area contributed by atoms with E-state index >= 15 is 0 Å². The van der Waals surface area contributed by atoms with Gasteiger partial charge in [-0.3, -0.25) is 14.5 Å². The molecule has 0 radical (unpaired) electrons. The number of imide groups is 1. The molecular weight excluding hydrogens is 418 g/mol. The van der Waals surface area contributed by atoms with Gasteiger partial charge in [0.15, 0.2) is 0 Å². The fourth-order valence-corrected chi connectivity index (χ4v) is 4.33. The average molecular weight is 450 g/mol. The van der Waals surface area contributed by atoms with Crippen LogP contribution in [0.15, 0.2) is 48.5 Å². The average Bonchev–Trinajstić information content (AvgIpc) is 3.02. The van der Waals surface area contributed by atoms with Crippen LogP contribution in [0.3, 0.4) is 0 Å². The van der Waals surface area contributed by atoms with Crippen molar-refractivity contribution in [3.63, 3.8) is 0 Å². The van der Waals surface area contributed by atoms with E-state index in [0.717, 1.165) is 47.9 Å². The minimum Gasteiger partial charge on any atom is -0.369 e. The Morgan fingerprint density at radius 3 is 2.39 bits per heavy atom. The third-order valence-corrected chi connectivity index (χ3v) is 6.52. The van der Waals surface area contributed by atoms with Crippen LogP contribution in [-0.4, -0.2) is 67.4 Å². The Bertz CT molecular complexity index is 1050. The maximum Gasteiger partial charge on any atom is 0.325 e. The highest BCUT2D eigenvalue weighted by atomic mass is 16.2. The van der Waals surface area contributed by atoms with E-state index < -0.39 is 17.5 Å². The van der Waals surface area contributed by atoms with Gasteiger partial charge >= 0.3 is 6.03 Å². The molecule has 4 rings (SSSR count). The summed E-state index contributed by atoms with van der Waals surface area (Å²) < 4.78 is 0. The molecule has 2 aromatic rings. The molecule has 0 aliphatic carbocycles. The van der Waals surface area contributed by atoms with Gasteiger partial charge in [0.05, 0.1) is 0 Å². The first-order chi connectivity index (χ1) is 15.8. The largest absolute Gasteiger partial charge is 0.369 e. The number of hydrogen-bond acceptors (Lipinski definition) is 5. The molecule has 8 heteroatoms. The monoisotopic (exact) mass is 449 g/mol. The zero-order valence-electron chi connectivity index (χ0n) is 19.4. The number of benzene rings is 2. The highest BCUT2D eigenvalue weighted by molar-refractivity contribution is 6.09. The summed E-state index contributed by atoms with van der Waals surface area (Å²) in [5.74, 6) is -0.802. The fraction of sp³-hybridized carbons (Fsp3) is 0.400. The van der Waals surface area contributed by atoms with Gasteiger partial charge < -0.3 is 20.4 Å². The second-order valence-corrected chi connectivity index (χ2v) is 9.01. The molecule has 2 N–H and O–H groups in total. The van der Waals surface area contributed by atoms with E-state index in [4.69, 9.17) is 0 Å². The molecule has 1 unspecified atom stereocenters. The van der Waals surface area contributed by atoms with E-state index in [1.165, 1.54) is 0 Å². The quantitative estimate of drug-likeness (QED) is 0.658. The van der Waals surface area contributed by atoms with Crippen molar-refractivity contribution < 1.29 is 14.4 Å². The van der Waals surface area contributed by atoms with Gasteiger partial charge in [-0.05, 0) is 38.1 Å². The third kappa shape index (κ3) is 4.71. The van der Waals surface area contributed by atoms with Crippen LogP contribution in [0.1, 0.15) is 23.6 Å². The lowest BCUT2D eigenvalue weighted by molar-refractivity contribution is -0.134. The normalized spacial score (nSPS) is 21.3. The molecule has 2 fully saturated rings. The van der Waals surface area contributed by atoms with Crippen molar-refractivity contribution in [1.29, 1.82) is 0 Å². The minimum absolute atomic E-state index is 0.317. The van der Waals surface area contributed by atoms with Crippen molar-refractivity contribution in [1.82, 2.24) is 20.4 Å². The molecule has 2 heterocycles. The number of para-hydroxylation sites is 1. The molecule has 2 aromatic carbocycles. The molecule has 2 aliphatic rings. The SMILES string of the molecule is Cc1ccc(C2(C)NC(=O)N(CC(=O)NCc3ccccc3N3CCN(C)CC3)C2=O)cc1. The second-order valence-electron chi connectivity index (χ2n) is 9.01. The van der Waals surface area contributed by atoms with Crippen LogP contribution >= 0.6 is 0 Å². The number of amides is 4.